The maximum atomic E-state index is 11.8. The second-order valence-electron chi connectivity index (χ2n) is 4.04. The molecule has 0 aliphatic heterocycles. The number of aromatic nitrogens is 3. The highest BCUT2D eigenvalue weighted by Gasteiger charge is 2.15. The average Bonchev–Trinajstić information content (AvgIpc) is 2.66. The minimum Gasteiger partial charge on any atom is -0.452 e. The van der Waals surface area contributed by atoms with Gasteiger partial charge in [-0.2, -0.15) is 0 Å². The van der Waals surface area contributed by atoms with Gasteiger partial charge in [-0.25, -0.2) is 19.7 Å². The van der Waals surface area contributed by atoms with Crippen LogP contribution in [0.15, 0.2) is 10.6 Å². The standard InChI is InChI=1S/C12H14N4O3/c1-6-7(2)19-10(15-6)5-18-12(17)9-4-14-8(3)16-11(9)13/h4H,5H2,1-3H3,(H2,13,14,16). The molecule has 2 N–H and O–H groups in total. The van der Waals surface area contributed by atoms with Gasteiger partial charge in [-0.3, -0.25) is 0 Å². The summed E-state index contributed by atoms with van der Waals surface area (Å²) in [5, 5.41) is 0. The fourth-order valence-electron chi connectivity index (χ4n) is 1.45. The van der Waals surface area contributed by atoms with E-state index in [2.05, 4.69) is 15.0 Å². The smallest absolute Gasteiger partial charge is 0.344 e. The van der Waals surface area contributed by atoms with Crippen LogP contribution in [-0.4, -0.2) is 20.9 Å². The van der Waals surface area contributed by atoms with E-state index >= 15 is 0 Å². The van der Waals surface area contributed by atoms with Crippen LogP contribution in [0.3, 0.4) is 0 Å². The van der Waals surface area contributed by atoms with Gasteiger partial charge in [-0.05, 0) is 20.8 Å². The van der Waals surface area contributed by atoms with E-state index in [1.54, 1.807) is 13.8 Å². The number of oxazole rings is 1. The summed E-state index contributed by atoms with van der Waals surface area (Å²) < 4.78 is 10.3. The molecule has 100 valence electrons. The molecule has 0 unspecified atom stereocenters. The van der Waals surface area contributed by atoms with Crippen LogP contribution in [0.2, 0.25) is 0 Å². The quantitative estimate of drug-likeness (QED) is 0.832. The van der Waals surface area contributed by atoms with Crippen molar-refractivity contribution in [2.24, 2.45) is 0 Å². The number of esters is 1. The highest BCUT2D eigenvalue weighted by atomic mass is 16.5. The molecule has 2 rings (SSSR count). The van der Waals surface area contributed by atoms with Crippen molar-refractivity contribution < 1.29 is 13.9 Å². The summed E-state index contributed by atoms with van der Waals surface area (Å²) in [7, 11) is 0. The van der Waals surface area contributed by atoms with Crippen molar-refractivity contribution in [3.05, 3.63) is 34.9 Å². The van der Waals surface area contributed by atoms with E-state index in [9.17, 15) is 4.79 Å². The van der Waals surface area contributed by atoms with Gasteiger partial charge in [0, 0.05) is 6.20 Å². The van der Waals surface area contributed by atoms with Gasteiger partial charge in [-0.1, -0.05) is 0 Å². The van der Waals surface area contributed by atoms with Crippen LogP contribution in [0.5, 0.6) is 0 Å². The first kappa shape index (κ1) is 13.0. The Labute approximate surface area is 109 Å². The number of nitrogen functional groups attached to an aromatic ring is 1. The number of ether oxygens (including phenoxy) is 1. The molecule has 0 spiro atoms. The van der Waals surface area contributed by atoms with Gasteiger partial charge < -0.3 is 14.9 Å². The largest absolute Gasteiger partial charge is 0.452 e. The topological polar surface area (TPSA) is 104 Å². The van der Waals surface area contributed by atoms with Crippen molar-refractivity contribution in [3.63, 3.8) is 0 Å². The van der Waals surface area contributed by atoms with E-state index in [4.69, 9.17) is 14.9 Å². The lowest BCUT2D eigenvalue weighted by Crippen LogP contribution is -2.11. The normalized spacial score (nSPS) is 10.5. The molecule has 0 saturated carbocycles. The molecule has 7 nitrogen and oxygen atoms in total. The Hall–Kier alpha value is -2.44. The highest BCUT2D eigenvalue weighted by Crippen LogP contribution is 2.12. The lowest BCUT2D eigenvalue weighted by atomic mass is 10.3. The molecule has 0 bridgehead atoms. The summed E-state index contributed by atoms with van der Waals surface area (Å²) in [6.07, 6.45) is 1.34. The number of anilines is 1. The zero-order valence-electron chi connectivity index (χ0n) is 10.9. The minimum atomic E-state index is -0.606. The molecular weight excluding hydrogens is 248 g/mol. The molecule has 7 heteroatoms. The molecule has 0 atom stereocenters. The summed E-state index contributed by atoms with van der Waals surface area (Å²) in [5.74, 6) is 1.02. The van der Waals surface area contributed by atoms with Gasteiger partial charge in [0.1, 0.15) is 23.0 Å². The summed E-state index contributed by atoms with van der Waals surface area (Å²) in [4.78, 5) is 23.7. The number of rotatable bonds is 3. The molecule has 0 saturated heterocycles. The Morgan fingerprint density at radius 3 is 2.68 bits per heavy atom. The zero-order chi connectivity index (χ0) is 14.0. The third-order valence-corrected chi connectivity index (χ3v) is 2.56. The number of carbonyl (C=O) groups is 1. The van der Waals surface area contributed by atoms with Crippen LogP contribution in [0.25, 0.3) is 0 Å². The van der Waals surface area contributed by atoms with Gasteiger partial charge in [0.15, 0.2) is 6.61 Å². The number of aryl methyl sites for hydroxylation is 3. The second kappa shape index (κ2) is 5.05. The fourth-order valence-corrected chi connectivity index (χ4v) is 1.45. The summed E-state index contributed by atoms with van der Waals surface area (Å²) in [5.41, 5.74) is 6.53. The molecular formula is C12H14N4O3. The molecule has 0 aromatic carbocycles. The fraction of sp³-hybridized carbons (Fsp3) is 0.333. The Bertz CT molecular complexity index is 602. The van der Waals surface area contributed by atoms with Gasteiger partial charge in [0.2, 0.25) is 5.89 Å². The predicted molar refractivity (Wildman–Crippen MR) is 66.3 cm³/mol. The second-order valence-corrected chi connectivity index (χ2v) is 4.04. The molecule has 0 fully saturated rings. The van der Waals surface area contributed by atoms with Crippen LogP contribution in [-0.2, 0) is 11.3 Å². The van der Waals surface area contributed by atoms with Gasteiger partial charge >= 0.3 is 5.97 Å². The number of carbonyl (C=O) groups excluding carboxylic acids is 1. The van der Waals surface area contributed by atoms with Crippen LogP contribution >= 0.6 is 0 Å². The van der Waals surface area contributed by atoms with E-state index in [1.807, 2.05) is 6.92 Å². The monoisotopic (exact) mass is 262 g/mol. The van der Waals surface area contributed by atoms with Gasteiger partial charge in [-0.15, -0.1) is 0 Å². The van der Waals surface area contributed by atoms with E-state index in [0.717, 1.165) is 5.69 Å². The molecule has 2 heterocycles. The van der Waals surface area contributed by atoms with Crippen LogP contribution < -0.4 is 5.73 Å². The van der Waals surface area contributed by atoms with Gasteiger partial charge in [0.05, 0.1) is 5.69 Å². The number of nitrogens with zero attached hydrogens (tertiary/aromatic N) is 3. The maximum Gasteiger partial charge on any atom is 0.344 e. The van der Waals surface area contributed by atoms with Crippen molar-refractivity contribution in [2.45, 2.75) is 27.4 Å². The average molecular weight is 262 g/mol. The Morgan fingerprint density at radius 2 is 2.11 bits per heavy atom. The summed E-state index contributed by atoms with van der Waals surface area (Å²) in [6.45, 7) is 5.24. The number of nitrogens with two attached hydrogens (primary N) is 1. The van der Waals surface area contributed by atoms with E-state index in [1.165, 1.54) is 6.20 Å². The lowest BCUT2D eigenvalue weighted by molar-refractivity contribution is 0.0437. The number of hydrogen-bond donors (Lipinski definition) is 1. The first-order valence-electron chi connectivity index (χ1n) is 5.66. The first-order chi connectivity index (χ1) is 8.97. The van der Waals surface area contributed by atoms with Gasteiger partial charge in [0.25, 0.3) is 0 Å². The summed E-state index contributed by atoms with van der Waals surface area (Å²) >= 11 is 0. The third kappa shape index (κ3) is 2.87. The van der Waals surface area contributed by atoms with Crippen LogP contribution in [0.1, 0.15) is 33.5 Å². The Balaban J connectivity index is 2.05. The maximum absolute atomic E-state index is 11.8. The Morgan fingerprint density at radius 1 is 1.37 bits per heavy atom. The Kier molecular flexibility index (Phi) is 3.46. The van der Waals surface area contributed by atoms with Crippen molar-refractivity contribution in [1.82, 2.24) is 15.0 Å². The van der Waals surface area contributed by atoms with Crippen molar-refractivity contribution in [3.8, 4) is 0 Å². The SMILES string of the molecule is Cc1ncc(C(=O)OCc2nc(C)c(C)o2)c(N)n1. The van der Waals surface area contributed by atoms with E-state index in [0.29, 0.717) is 17.5 Å². The molecule has 0 aliphatic rings. The minimum absolute atomic E-state index is 0.0547. The lowest BCUT2D eigenvalue weighted by Gasteiger charge is -2.04. The molecule has 0 aliphatic carbocycles. The third-order valence-electron chi connectivity index (χ3n) is 2.56. The van der Waals surface area contributed by atoms with Crippen molar-refractivity contribution in [1.29, 1.82) is 0 Å². The molecule has 0 radical (unpaired) electrons. The summed E-state index contributed by atoms with van der Waals surface area (Å²) in [6, 6.07) is 0. The van der Waals surface area contributed by atoms with Crippen LogP contribution in [0.4, 0.5) is 5.82 Å². The predicted octanol–water partition coefficient (Wildman–Crippen LogP) is 1.33. The molecule has 19 heavy (non-hydrogen) atoms. The van der Waals surface area contributed by atoms with Crippen LogP contribution in [0, 0.1) is 20.8 Å². The van der Waals surface area contributed by atoms with Crippen molar-refractivity contribution >= 4 is 11.8 Å². The van der Waals surface area contributed by atoms with E-state index in [-0.39, 0.29) is 18.0 Å². The van der Waals surface area contributed by atoms with E-state index < -0.39 is 5.97 Å². The highest BCUT2D eigenvalue weighted by molar-refractivity contribution is 5.93. The molecule has 2 aromatic rings. The molecule has 0 amide bonds. The van der Waals surface area contributed by atoms with Crippen molar-refractivity contribution in [2.75, 3.05) is 5.73 Å². The zero-order valence-corrected chi connectivity index (χ0v) is 10.9. The first-order valence-corrected chi connectivity index (χ1v) is 5.66. The number of hydrogen-bond acceptors (Lipinski definition) is 7. The molecule has 2 aromatic heterocycles.